The summed E-state index contributed by atoms with van der Waals surface area (Å²) in [7, 11) is 1.44. The monoisotopic (exact) mass is 506 g/mol. The van der Waals surface area contributed by atoms with Gasteiger partial charge in [-0.15, -0.1) is 5.10 Å². The van der Waals surface area contributed by atoms with E-state index in [9.17, 15) is 27.2 Å². The molecule has 0 aliphatic rings. The van der Waals surface area contributed by atoms with E-state index >= 15 is 0 Å². The third kappa shape index (κ3) is 10.1. The molecule has 0 heterocycles. The molecular weight excluding hydrogens is 476 g/mol. The maximum absolute atomic E-state index is 13.3. The minimum Gasteiger partial charge on any atom is -0.391 e. The molecule has 0 unspecified atom stereocenters. The quantitative estimate of drug-likeness (QED) is 0.0652. The zero-order chi connectivity index (χ0) is 26.8. The first kappa shape index (κ1) is 29.4. The van der Waals surface area contributed by atoms with Gasteiger partial charge in [0.05, 0.1) is 18.7 Å². The van der Waals surface area contributed by atoms with Crippen molar-refractivity contribution in [3.05, 3.63) is 46.7 Å². The van der Waals surface area contributed by atoms with Gasteiger partial charge in [0.2, 0.25) is 5.91 Å². The van der Waals surface area contributed by atoms with E-state index in [1.165, 1.54) is 18.9 Å². The first-order valence-electron chi connectivity index (χ1n) is 10.3. The number of benzene rings is 1. The van der Waals surface area contributed by atoms with Crippen molar-refractivity contribution >= 4 is 17.6 Å². The SMILES string of the molecule is COCCN(CCCN(N)/N=C(\N)Cc1ccc(F)cc1C(F)(F)F)C(=O)/C(N)=C(/N)NC(C)=O. The van der Waals surface area contributed by atoms with Crippen LogP contribution in [0.4, 0.5) is 17.6 Å². The lowest BCUT2D eigenvalue weighted by molar-refractivity contribution is -0.138. The fourth-order valence-corrected chi connectivity index (χ4v) is 2.89. The maximum atomic E-state index is 13.3. The minimum absolute atomic E-state index is 0.0673. The Kier molecular flexibility index (Phi) is 11.2. The van der Waals surface area contributed by atoms with Crippen molar-refractivity contribution in [2.24, 2.45) is 28.1 Å². The number of halogens is 4. The highest BCUT2D eigenvalue weighted by Crippen LogP contribution is 2.32. The van der Waals surface area contributed by atoms with Crippen molar-refractivity contribution in [3.8, 4) is 0 Å². The lowest BCUT2D eigenvalue weighted by Gasteiger charge is -2.24. The topological polar surface area (TPSA) is 178 Å². The van der Waals surface area contributed by atoms with Crippen LogP contribution in [0.5, 0.6) is 0 Å². The Hall–Kier alpha value is -3.59. The molecule has 196 valence electrons. The van der Waals surface area contributed by atoms with Gasteiger partial charge >= 0.3 is 6.18 Å². The Morgan fingerprint density at radius 3 is 2.37 bits per heavy atom. The van der Waals surface area contributed by atoms with Crippen LogP contribution in [0.2, 0.25) is 0 Å². The van der Waals surface area contributed by atoms with Gasteiger partial charge < -0.3 is 32.2 Å². The van der Waals surface area contributed by atoms with E-state index in [1.54, 1.807) is 0 Å². The van der Waals surface area contributed by atoms with Gasteiger partial charge in [0, 0.05) is 33.5 Å². The molecular formula is C20H30F4N8O3. The summed E-state index contributed by atoms with van der Waals surface area (Å²) in [4.78, 5) is 25.0. The molecule has 0 bridgehead atoms. The number of rotatable bonds is 12. The second kappa shape index (κ2) is 13.3. The van der Waals surface area contributed by atoms with Gasteiger partial charge in [0.15, 0.2) is 0 Å². The van der Waals surface area contributed by atoms with E-state index in [1.807, 2.05) is 0 Å². The standard InChI is InChI=1S/C20H30F4N8O3/c1-12(33)29-18(27)17(26)19(34)31(8-9-35-2)6-3-7-32(28)30-16(25)10-13-4-5-14(21)11-15(13)20(22,23)24/h4-5,11H,3,6-10,26-28H2,1-2H3,(H2,25,30)(H,29,33)/b18-17+. The second-order valence-corrected chi connectivity index (χ2v) is 7.38. The molecule has 9 N–H and O–H groups in total. The van der Waals surface area contributed by atoms with Crippen LogP contribution in [0, 0.1) is 5.82 Å². The van der Waals surface area contributed by atoms with E-state index in [2.05, 4.69) is 10.4 Å². The molecule has 2 amide bonds. The second-order valence-electron chi connectivity index (χ2n) is 7.38. The number of hydrazone groups is 1. The van der Waals surface area contributed by atoms with Gasteiger partial charge in [0.1, 0.15) is 23.2 Å². The number of nitrogens with two attached hydrogens (primary N) is 4. The Morgan fingerprint density at radius 1 is 1.14 bits per heavy atom. The van der Waals surface area contributed by atoms with Gasteiger partial charge in [0.25, 0.3) is 5.91 Å². The highest BCUT2D eigenvalue weighted by Gasteiger charge is 2.33. The molecule has 0 aromatic heterocycles. The number of nitrogens with zero attached hydrogens (tertiary/aromatic N) is 3. The lowest BCUT2D eigenvalue weighted by Crippen LogP contribution is -2.42. The first-order chi connectivity index (χ1) is 16.3. The van der Waals surface area contributed by atoms with Crippen molar-refractivity contribution in [2.45, 2.75) is 25.9 Å². The Bertz CT molecular complexity index is 953. The Balaban J connectivity index is 2.80. The van der Waals surface area contributed by atoms with Crippen LogP contribution in [-0.4, -0.2) is 61.0 Å². The largest absolute Gasteiger partial charge is 0.416 e. The van der Waals surface area contributed by atoms with Crippen LogP contribution < -0.4 is 28.4 Å². The number of carbonyl (C=O) groups excluding carboxylic acids is 2. The number of carbonyl (C=O) groups is 2. The number of hydrogen-bond acceptors (Lipinski definition) is 8. The highest BCUT2D eigenvalue weighted by atomic mass is 19.4. The number of hydrazine groups is 1. The number of hydrogen-bond donors (Lipinski definition) is 5. The molecule has 0 aliphatic carbocycles. The van der Waals surface area contributed by atoms with Crippen LogP contribution in [0.15, 0.2) is 34.8 Å². The number of amides is 2. The molecule has 0 saturated heterocycles. The van der Waals surface area contributed by atoms with Gasteiger partial charge in [-0.05, 0) is 24.1 Å². The molecule has 0 fully saturated rings. The van der Waals surface area contributed by atoms with E-state index in [0.717, 1.165) is 17.3 Å². The molecule has 11 nitrogen and oxygen atoms in total. The number of alkyl halides is 3. The third-order valence-corrected chi connectivity index (χ3v) is 4.50. The lowest BCUT2D eigenvalue weighted by atomic mass is 10.0. The first-order valence-corrected chi connectivity index (χ1v) is 10.3. The zero-order valence-electron chi connectivity index (χ0n) is 19.4. The number of ether oxygens (including phenoxy) is 1. The third-order valence-electron chi connectivity index (χ3n) is 4.50. The van der Waals surface area contributed by atoms with Crippen LogP contribution in [0.1, 0.15) is 24.5 Å². The summed E-state index contributed by atoms with van der Waals surface area (Å²) >= 11 is 0. The normalized spacial score (nSPS) is 12.7. The average molecular weight is 507 g/mol. The zero-order valence-corrected chi connectivity index (χ0v) is 19.4. The summed E-state index contributed by atoms with van der Waals surface area (Å²) in [5.74, 6) is 3.06. The van der Waals surface area contributed by atoms with E-state index < -0.39 is 35.8 Å². The van der Waals surface area contributed by atoms with E-state index in [-0.39, 0.29) is 55.6 Å². The molecule has 1 aromatic rings. The molecule has 0 aliphatic heterocycles. The van der Waals surface area contributed by atoms with Crippen molar-refractivity contribution in [1.29, 1.82) is 0 Å². The predicted octanol–water partition coefficient (Wildman–Crippen LogP) is -0.0774. The van der Waals surface area contributed by atoms with E-state index in [4.69, 9.17) is 27.8 Å². The summed E-state index contributed by atoms with van der Waals surface area (Å²) in [5.41, 5.74) is 15.3. The van der Waals surface area contributed by atoms with Crippen LogP contribution in [0.25, 0.3) is 0 Å². The predicted molar refractivity (Wildman–Crippen MR) is 120 cm³/mol. The fraction of sp³-hybridized carbons (Fsp3) is 0.450. The molecule has 15 heteroatoms. The van der Waals surface area contributed by atoms with Crippen molar-refractivity contribution in [1.82, 2.24) is 15.3 Å². The van der Waals surface area contributed by atoms with Gasteiger partial charge in [-0.1, -0.05) is 6.07 Å². The summed E-state index contributed by atoms with van der Waals surface area (Å²) in [6, 6.07) is 2.25. The number of methoxy groups -OCH3 is 1. The Labute approximate surface area is 199 Å². The van der Waals surface area contributed by atoms with Crippen molar-refractivity contribution in [2.75, 3.05) is 33.4 Å². The van der Waals surface area contributed by atoms with Gasteiger partial charge in [-0.25, -0.2) is 15.4 Å². The summed E-state index contributed by atoms with van der Waals surface area (Å²) < 4.78 is 57.7. The molecule has 0 spiro atoms. The molecule has 0 saturated carbocycles. The summed E-state index contributed by atoms with van der Waals surface area (Å²) in [6.45, 7) is 1.75. The molecule has 0 radical (unpaired) electrons. The van der Waals surface area contributed by atoms with Crippen LogP contribution in [-0.2, 0) is 26.9 Å². The highest BCUT2D eigenvalue weighted by molar-refractivity contribution is 5.93. The molecule has 0 atom stereocenters. The minimum atomic E-state index is -4.77. The van der Waals surface area contributed by atoms with E-state index in [0.29, 0.717) is 6.07 Å². The molecule has 35 heavy (non-hydrogen) atoms. The van der Waals surface area contributed by atoms with Crippen molar-refractivity contribution in [3.63, 3.8) is 0 Å². The van der Waals surface area contributed by atoms with Gasteiger partial charge in [-0.3, -0.25) is 9.59 Å². The average Bonchev–Trinajstić information content (AvgIpc) is 2.75. The van der Waals surface area contributed by atoms with Crippen LogP contribution in [0.3, 0.4) is 0 Å². The van der Waals surface area contributed by atoms with Crippen molar-refractivity contribution < 1.29 is 31.9 Å². The van der Waals surface area contributed by atoms with Crippen LogP contribution >= 0.6 is 0 Å². The smallest absolute Gasteiger partial charge is 0.391 e. The van der Waals surface area contributed by atoms with Gasteiger partial charge in [-0.2, -0.15) is 13.2 Å². The fourth-order valence-electron chi connectivity index (χ4n) is 2.89. The Morgan fingerprint density at radius 2 is 1.80 bits per heavy atom. The molecule has 1 aromatic carbocycles. The summed E-state index contributed by atoms with van der Waals surface area (Å²) in [5, 5.41) is 6.98. The summed E-state index contributed by atoms with van der Waals surface area (Å²) in [6.07, 6.45) is -4.91. The number of amidine groups is 1. The number of nitrogens with one attached hydrogen (secondary N) is 1. The molecule has 1 rings (SSSR count). The maximum Gasteiger partial charge on any atom is 0.416 e.